The Kier molecular flexibility index (Phi) is 11.5. The summed E-state index contributed by atoms with van der Waals surface area (Å²) in [6.45, 7) is 10.2. The Hall–Kier alpha value is -0.670. The van der Waals surface area contributed by atoms with E-state index >= 15 is 0 Å². The minimum atomic E-state index is 0. The Labute approximate surface area is 185 Å². The summed E-state index contributed by atoms with van der Waals surface area (Å²) in [6.07, 6.45) is 4.35. The fraction of sp³-hybridized carbons (Fsp3) is 0.650. The molecule has 1 fully saturated rings. The van der Waals surface area contributed by atoms with Gasteiger partial charge in [-0.05, 0) is 51.5 Å². The SMILES string of the molecule is CCNC(=NCC1(SC)CCOCC1)NCC(C)Oc1ccccc1C.I. The van der Waals surface area contributed by atoms with Crippen LogP contribution in [-0.4, -0.2) is 55.9 Å². The molecular weight excluding hydrogens is 473 g/mol. The highest BCUT2D eigenvalue weighted by atomic mass is 127. The molecule has 5 nitrogen and oxygen atoms in total. The molecule has 1 aliphatic rings. The molecular formula is C20H34IN3O2S. The highest BCUT2D eigenvalue weighted by Gasteiger charge is 2.31. The van der Waals surface area contributed by atoms with Gasteiger partial charge in [0.05, 0.1) is 13.1 Å². The molecule has 0 aromatic heterocycles. The summed E-state index contributed by atoms with van der Waals surface area (Å²) < 4.78 is 11.8. The molecule has 1 saturated heterocycles. The molecule has 0 spiro atoms. The molecule has 27 heavy (non-hydrogen) atoms. The predicted octanol–water partition coefficient (Wildman–Crippen LogP) is 3.85. The van der Waals surface area contributed by atoms with Crippen molar-refractivity contribution in [2.24, 2.45) is 4.99 Å². The van der Waals surface area contributed by atoms with E-state index in [0.29, 0.717) is 6.54 Å². The number of thioether (sulfide) groups is 1. The molecule has 0 aliphatic carbocycles. The number of hydrogen-bond donors (Lipinski definition) is 2. The quantitative estimate of drug-likeness (QED) is 0.318. The van der Waals surface area contributed by atoms with E-state index in [1.807, 2.05) is 30.0 Å². The Bertz CT molecular complexity index is 580. The van der Waals surface area contributed by atoms with Crippen molar-refractivity contribution in [3.8, 4) is 5.75 Å². The second-order valence-electron chi connectivity index (χ2n) is 6.77. The van der Waals surface area contributed by atoms with Crippen LogP contribution in [-0.2, 0) is 4.74 Å². The smallest absolute Gasteiger partial charge is 0.191 e. The lowest BCUT2D eigenvalue weighted by atomic mass is 9.99. The summed E-state index contributed by atoms with van der Waals surface area (Å²) in [7, 11) is 0. The van der Waals surface area contributed by atoms with Gasteiger partial charge in [-0.15, -0.1) is 24.0 Å². The van der Waals surface area contributed by atoms with Crippen molar-refractivity contribution < 1.29 is 9.47 Å². The van der Waals surface area contributed by atoms with Gasteiger partial charge in [0, 0.05) is 24.5 Å². The normalized spacial score (nSPS) is 17.6. The van der Waals surface area contributed by atoms with Gasteiger partial charge in [0.2, 0.25) is 0 Å². The largest absolute Gasteiger partial charge is 0.489 e. The van der Waals surface area contributed by atoms with Gasteiger partial charge in [-0.3, -0.25) is 4.99 Å². The summed E-state index contributed by atoms with van der Waals surface area (Å²) in [6, 6.07) is 8.11. The number of hydrogen-bond acceptors (Lipinski definition) is 4. The van der Waals surface area contributed by atoms with Crippen molar-refractivity contribution in [1.82, 2.24) is 10.6 Å². The highest BCUT2D eigenvalue weighted by molar-refractivity contribution is 14.0. The van der Waals surface area contributed by atoms with Gasteiger partial charge in [0.15, 0.2) is 5.96 Å². The van der Waals surface area contributed by atoms with Crippen LogP contribution < -0.4 is 15.4 Å². The summed E-state index contributed by atoms with van der Waals surface area (Å²) in [5, 5.41) is 6.75. The molecule has 0 amide bonds. The molecule has 154 valence electrons. The van der Waals surface area contributed by atoms with E-state index < -0.39 is 0 Å². The topological polar surface area (TPSA) is 54.9 Å². The Morgan fingerprint density at radius 1 is 1.30 bits per heavy atom. The lowest BCUT2D eigenvalue weighted by molar-refractivity contribution is 0.0794. The first-order chi connectivity index (χ1) is 12.6. The fourth-order valence-electron chi connectivity index (χ4n) is 2.92. The molecule has 1 unspecified atom stereocenters. The minimum absolute atomic E-state index is 0. The zero-order valence-corrected chi connectivity index (χ0v) is 20.1. The van der Waals surface area contributed by atoms with Crippen LogP contribution in [0.25, 0.3) is 0 Å². The van der Waals surface area contributed by atoms with E-state index in [-0.39, 0.29) is 34.8 Å². The van der Waals surface area contributed by atoms with E-state index in [1.165, 1.54) is 0 Å². The summed E-state index contributed by atoms with van der Waals surface area (Å²) in [4.78, 5) is 4.84. The average molecular weight is 507 g/mol. The predicted molar refractivity (Wildman–Crippen MR) is 127 cm³/mol. The number of nitrogens with one attached hydrogen (secondary N) is 2. The first kappa shape index (κ1) is 24.4. The molecule has 0 saturated carbocycles. The van der Waals surface area contributed by atoms with Gasteiger partial charge in [-0.25, -0.2) is 0 Å². The van der Waals surface area contributed by atoms with E-state index in [4.69, 9.17) is 14.5 Å². The number of guanidine groups is 1. The van der Waals surface area contributed by atoms with Crippen molar-refractivity contribution in [2.75, 3.05) is 39.1 Å². The molecule has 2 N–H and O–H groups in total. The number of halogens is 1. The second kappa shape index (κ2) is 12.7. The number of para-hydroxylation sites is 1. The second-order valence-corrected chi connectivity index (χ2v) is 8.04. The maximum Gasteiger partial charge on any atom is 0.191 e. The lowest BCUT2D eigenvalue weighted by Gasteiger charge is -2.34. The van der Waals surface area contributed by atoms with E-state index in [2.05, 4.69) is 43.7 Å². The van der Waals surface area contributed by atoms with Crippen LogP contribution >= 0.6 is 35.7 Å². The van der Waals surface area contributed by atoms with Crippen LogP contribution in [0.5, 0.6) is 5.75 Å². The van der Waals surface area contributed by atoms with Crippen LogP contribution in [0, 0.1) is 6.92 Å². The van der Waals surface area contributed by atoms with Gasteiger partial charge in [0.1, 0.15) is 11.9 Å². The number of aliphatic imine (C=N–C) groups is 1. The molecule has 0 bridgehead atoms. The number of ether oxygens (including phenoxy) is 2. The summed E-state index contributed by atoms with van der Waals surface area (Å²) in [5.41, 5.74) is 1.15. The van der Waals surface area contributed by atoms with E-state index in [1.54, 1.807) is 0 Å². The van der Waals surface area contributed by atoms with Gasteiger partial charge >= 0.3 is 0 Å². The van der Waals surface area contributed by atoms with E-state index in [0.717, 1.165) is 56.4 Å². The first-order valence-corrected chi connectivity index (χ1v) is 10.7. The third kappa shape index (κ3) is 8.07. The van der Waals surface area contributed by atoms with Crippen molar-refractivity contribution >= 4 is 41.7 Å². The van der Waals surface area contributed by atoms with Crippen molar-refractivity contribution in [1.29, 1.82) is 0 Å². The lowest BCUT2D eigenvalue weighted by Crippen LogP contribution is -2.43. The maximum atomic E-state index is 6.04. The Balaban J connectivity index is 0.00000364. The molecule has 1 aromatic carbocycles. The van der Waals surface area contributed by atoms with Crippen LogP contribution in [0.2, 0.25) is 0 Å². The maximum absolute atomic E-state index is 6.04. The van der Waals surface area contributed by atoms with Gasteiger partial charge < -0.3 is 20.1 Å². The monoisotopic (exact) mass is 507 g/mol. The number of benzene rings is 1. The summed E-state index contributed by atoms with van der Waals surface area (Å²) in [5.74, 6) is 1.79. The zero-order chi connectivity index (χ0) is 18.8. The van der Waals surface area contributed by atoms with Crippen molar-refractivity contribution in [3.05, 3.63) is 29.8 Å². The molecule has 1 aromatic rings. The molecule has 1 atom stereocenters. The van der Waals surface area contributed by atoms with Crippen molar-refractivity contribution in [2.45, 2.75) is 44.5 Å². The average Bonchev–Trinajstić information content (AvgIpc) is 2.66. The fourth-order valence-corrected chi connectivity index (χ4v) is 3.69. The number of nitrogens with zero attached hydrogens (tertiary/aromatic N) is 1. The number of rotatable bonds is 8. The van der Waals surface area contributed by atoms with Crippen LogP contribution in [0.1, 0.15) is 32.3 Å². The van der Waals surface area contributed by atoms with Gasteiger partial charge in [0.25, 0.3) is 0 Å². The molecule has 1 heterocycles. The Morgan fingerprint density at radius 3 is 2.63 bits per heavy atom. The van der Waals surface area contributed by atoms with Crippen molar-refractivity contribution in [3.63, 3.8) is 0 Å². The zero-order valence-electron chi connectivity index (χ0n) is 16.9. The number of aryl methyl sites for hydroxylation is 1. The van der Waals surface area contributed by atoms with Crippen LogP contribution in [0.3, 0.4) is 0 Å². The third-order valence-electron chi connectivity index (χ3n) is 4.69. The molecule has 7 heteroatoms. The van der Waals surface area contributed by atoms with E-state index in [9.17, 15) is 0 Å². The van der Waals surface area contributed by atoms with Crippen LogP contribution in [0.4, 0.5) is 0 Å². The standard InChI is InChI=1S/C20H33N3O2S.HI/c1-5-21-19(23-15-20(26-4)10-12-24-13-11-20)22-14-17(3)25-18-9-7-6-8-16(18)2;/h6-9,17H,5,10-15H2,1-4H3,(H2,21,22,23);1H. The summed E-state index contributed by atoms with van der Waals surface area (Å²) >= 11 is 1.91. The van der Waals surface area contributed by atoms with Crippen LogP contribution in [0.15, 0.2) is 29.3 Å². The molecule has 0 radical (unpaired) electrons. The minimum Gasteiger partial charge on any atom is -0.489 e. The van der Waals surface area contributed by atoms with Gasteiger partial charge in [-0.1, -0.05) is 18.2 Å². The third-order valence-corrected chi connectivity index (χ3v) is 6.09. The first-order valence-electron chi connectivity index (χ1n) is 9.46. The molecule has 2 rings (SSSR count). The molecule has 1 aliphatic heterocycles. The highest BCUT2D eigenvalue weighted by Crippen LogP contribution is 2.33. The van der Waals surface area contributed by atoms with Gasteiger partial charge in [-0.2, -0.15) is 11.8 Å². The Morgan fingerprint density at radius 2 is 2.00 bits per heavy atom.